The second kappa shape index (κ2) is 6.90. The average molecular weight is 312 g/mol. The molecule has 1 N–H and O–H groups in total. The molecule has 0 aromatic carbocycles. The number of thioether (sulfide) groups is 1. The number of rotatable bonds is 5. The normalized spacial score (nSPS) is 16.0. The van der Waals surface area contributed by atoms with E-state index >= 15 is 0 Å². The van der Waals surface area contributed by atoms with Crippen LogP contribution in [0.4, 0.5) is 17.3 Å². The molecule has 116 valence electrons. The summed E-state index contributed by atoms with van der Waals surface area (Å²) in [7, 11) is 2.04. The van der Waals surface area contributed by atoms with Gasteiger partial charge in [-0.15, -0.1) is 0 Å². The zero-order valence-corrected chi connectivity index (χ0v) is 13.3. The summed E-state index contributed by atoms with van der Waals surface area (Å²) < 4.78 is 0. The number of piperazine rings is 1. The summed E-state index contributed by atoms with van der Waals surface area (Å²) in [6.07, 6.45) is 1.87. The Morgan fingerprint density at radius 1 is 1.33 bits per heavy atom. The fraction of sp³-hybridized carbons (Fsp3) is 0.667. The van der Waals surface area contributed by atoms with Crippen molar-refractivity contribution in [1.82, 2.24) is 14.9 Å². The zero-order valence-electron chi connectivity index (χ0n) is 12.5. The van der Waals surface area contributed by atoms with E-state index in [2.05, 4.69) is 20.2 Å². The molecule has 0 bridgehead atoms. The molecular weight excluding hydrogens is 292 g/mol. The van der Waals surface area contributed by atoms with E-state index in [0.717, 1.165) is 26.2 Å². The minimum atomic E-state index is -0.393. The standard InChI is InChI=1S/C12H20N6O2S/c1-4-13-10-9(18(19)20)11(15-12(14-10)21-3)17-7-5-16(2)6-8-17/h4-8H2,1-3H3,(H,13,14,15). The van der Waals surface area contributed by atoms with Crippen molar-refractivity contribution < 1.29 is 4.92 Å². The summed E-state index contributed by atoms with van der Waals surface area (Å²) in [5.74, 6) is 0.721. The lowest BCUT2D eigenvalue weighted by atomic mass is 10.3. The average Bonchev–Trinajstić information content (AvgIpc) is 2.47. The third-order valence-electron chi connectivity index (χ3n) is 3.36. The number of hydrogen-bond donors (Lipinski definition) is 1. The van der Waals surface area contributed by atoms with Gasteiger partial charge < -0.3 is 15.1 Å². The van der Waals surface area contributed by atoms with Crippen LogP contribution in [0, 0.1) is 10.1 Å². The predicted molar refractivity (Wildman–Crippen MR) is 84.3 cm³/mol. The highest BCUT2D eigenvalue weighted by Gasteiger charge is 2.29. The van der Waals surface area contributed by atoms with Gasteiger partial charge in [-0.2, -0.15) is 9.97 Å². The van der Waals surface area contributed by atoms with Gasteiger partial charge in [-0.25, -0.2) is 0 Å². The molecule has 0 radical (unpaired) electrons. The van der Waals surface area contributed by atoms with Crippen LogP contribution >= 0.6 is 11.8 Å². The number of likely N-dealkylation sites (N-methyl/N-ethyl adjacent to an activating group) is 1. The molecule has 0 unspecified atom stereocenters. The minimum Gasteiger partial charge on any atom is -0.364 e. The van der Waals surface area contributed by atoms with Crippen molar-refractivity contribution >= 4 is 29.1 Å². The first kappa shape index (κ1) is 15.8. The third-order valence-corrected chi connectivity index (χ3v) is 3.91. The van der Waals surface area contributed by atoms with Crippen LogP contribution in [-0.4, -0.2) is 65.8 Å². The van der Waals surface area contributed by atoms with Crippen LogP contribution in [-0.2, 0) is 0 Å². The first-order valence-electron chi connectivity index (χ1n) is 6.84. The van der Waals surface area contributed by atoms with Crippen LogP contribution in [0.2, 0.25) is 0 Å². The summed E-state index contributed by atoms with van der Waals surface area (Å²) in [5, 5.41) is 15.0. The number of hydrogen-bond acceptors (Lipinski definition) is 8. The molecule has 9 heteroatoms. The number of anilines is 2. The first-order chi connectivity index (χ1) is 10.1. The molecule has 0 spiro atoms. The van der Waals surface area contributed by atoms with Gasteiger partial charge in [0.25, 0.3) is 0 Å². The summed E-state index contributed by atoms with van der Waals surface area (Å²) in [4.78, 5) is 23.9. The monoisotopic (exact) mass is 312 g/mol. The molecule has 0 amide bonds. The van der Waals surface area contributed by atoms with E-state index in [1.54, 1.807) is 0 Å². The number of aromatic nitrogens is 2. The van der Waals surface area contributed by atoms with Crippen molar-refractivity contribution in [3.05, 3.63) is 10.1 Å². The van der Waals surface area contributed by atoms with Crippen LogP contribution in [0.25, 0.3) is 0 Å². The minimum absolute atomic E-state index is 0.0285. The molecule has 1 saturated heterocycles. The van der Waals surface area contributed by atoms with Crippen LogP contribution in [0.5, 0.6) is 0 Å². The van der Waals surface area contributed by atoms with Crippen molar-refractivity contribution in [3.63, 3.8) is 0 Å². The highest BCUT2D eigenvalue weighted by Crippen LogP contribution is 2.34. The van der Waals surface area contributed by atoms with E-state index in [1.807, 2.05) is 25.1 Å². The summed E-state index contributed by atoms with van der Waals surface area (Å²) in [6, 6.07) is 0. The predicted octanol–water partition coefficient (Wildman–Crippen LogP) is 1.29. The Kier molecular flexibility index (Phi) is 5.18. The molecule has 1 fully saturated rings. The maximum Gasteiger partial charge on any atom is 0.353 e. The second-order valence-corrected chi connectivity index (χ2v) is 5.58. The van der Waals surface area contributed by atoms with Crippen molar-refractivity contribution in [2.75, 3.05) is 56.2 Å². The highest BCUT2D eigenvalue weighted by atomic mass is 32.2. The molecule has 0 saturated carbocycles. The van der Waals surface area contributed by atoms with Crippen LogP contribution in [0.3, 0.4) is 0 Å². The Labute approximate surface area is 128 Å². The highest BCUT2D eigenvalue weighted by molar-refractivity contribution is 7.98. The van der Waals surface area contributed by atoms with Gasteiger partial charge in [0.05, 0.1) is 4.92 Å². The van der Waals surface area contributed by atoms with Gasteiger partial charge in [-0.05, 0) is 20.2 Å². The van der Waals surface area contributed by atoms with E-state index < -0.39 is 4.92 Å². The number of nitro groups is 1. The summed E-state index contributed by atoms with van der Waals surface area (Å²) >= 11 is 1.39. The van der Waals surface area contributed by atoms with E-state index in [0.29, 0.717) is 23.3 Å². The lowest BCUT2D eigenvalue weighted by Crippen LogP contribution is -2.45. The third kappa shape index (κ3) is 3.53. The quantitative estimate of drug-likeness (QED) is 0.377. The summed E-state index contributed by atoms with van der Waals surface area (Å²) in [5.41, 5.74) is -0.0285. The van der Waals surface area contributed by atoms with Crippen molar-refractivity contribution in [3.8, 4) is 0 Å². The molecule has 0 atom stereocenters. The van der Waals surface area contributed by atoms with Gasteiger partial charge >= 0.3 is 5.69 Å². The van der Waals surface area contributed by atoms with E-state index in [1.165, 1.54) is 11.8 Å². The van der Waals surface area contributed by atoms with Gasteiger partial charge in [-0.1, -0.05) is 11.8 Å². The fourth-order valence-electron chi connectivity index (χ4n) is 2.21. The molecule has 1 aliphatic rings. The largest absolute Gasteiger partial charge is 0.364 e. The van der Waals surface area contributed by atoms with E-state index in [-0.39, 0.29) is 5.69 Å². The van der Waals surface area contributed by atoms with Crippen molar-refractivity contribution in [1.29, 1.82) is 0 Å². The van der Waals surface area contributed by atoms with Gasteiger partial charge in [0.2, 0.25) is 11.6 Å². The Balaban J connectivity index is 2.45. The smallest absolute Gasteiger partial charge is 0.353 e. The van der Waals surface area contributed by atoms with Crippen molar-refractivity contribution in [2.24, 2.45) is 0 Å². The molecule has 2 heterocycles. The molecule has 1 aromatic rings. The lowest BCUT2D eigenvalue weighted by molar-refractivity contribution is -0.383. The second-order valence-electron chi connectivity index (χ2n) is 4.81. The molecule has 8 nitrogen and oxygen atoms in total. The van der Waals surface area contributed by atoms with Crippen LogP contribution in [0.1, 0.15) is 6.92 Å². The fourth-order valence-corrected chi connectivity index (χ4v) is 2.57. The summed E-state index contributed by atoms with van der Waals surface area (Å²) in [6.45, 7) is 5.66. The molecule has 0 aliphatic carbocycles. The Bertz CT molecular complexity index is 519. The zero-order chi connectivity index (χ0) is 15.4. The van der Waals surface area contributed by atoms with Crippen molar-refractivity contribution in [2.45, 2.75) is 12.1 Å². The van der Waals surface area contributed by atoms with Gasteiger partial charge in [0, 0.05) is 32.7 Å². The maximum atomic E-state index is 11.5. The Morgan fingerprint density at radius 3 is 2.52 bits per heavy atom. The SMILES string of the molecule is CCNc1nc(SC)nc(N2CCN(C)CC2)c1[N+](=O)[O-]. The van der Waals surface area contributed by atoms with E-state index in [4.69, 9.17) is 0 Å². The lowest BCUT2D eigenvalue weighted by Gasteiger charge is -2.33. The molecular formula is C12H20N6O2S. The molecule has 1 aliphatic heterocycles. The van der Waals surface area contributed by atoms with Crippen LogP contribution < -0.4 is 10.2 Å². The molecule has 2 rings (SSSR count). The van der Waals surface area contributed by atoms with Gasteiger partial charge in [0.1, 0.15) is 0 Å². The molecule has 1 aromatic heterocycles. The van der Waals surface area contributed by atoms with Crippen LogP contribution in [0.15, 0.2) is 5.16 Å². The number of nitrogens with zero attached hydrogens (tertiary/aromatic N) is 5. The van der Waals surface area contributed by atoms with Gasteiger partial charge in [-0.3, -0.25) is 10.1 Å². The van der Waals surface area contributed by atoms with Gasteiger partial charge in [0.15, 0.2) is 5.16 Å². The molecule has 21 heavy (non-hydrogen) atoms. The van der Waals surface area contributed by atoms with E-state index in [9.17, 15) is 10.1 Å². The first-order valence-corrected chi connectivity index (χ1v) is 8.07. The number of nitrogens with one attached hydrogen (secondary N) is 1. The maximum absolute atomic E-state index is 11.5. The topological polar surface area (TPSA) is 87.4 Å². The Morgan fingerprint density at radius 2 is 2.00 bits per heavy atom. The Hall–Kier alpha value is -1.61.